The lowest BCUT2D eigenvalue weighted by molar-refractivity contribution is -0.182. The molecule has 8 nitrogen and oxygen atoms in total. The van der Waals surface area contributed by atoms with Gasteiger partial charge in [0.05, 0.1) is 13.2 Å². The lowest BCUT2D eigenvalue weighted by atomic mass is 10.0. The number of aliphatic hydroxyl groups is 1. The maximum atomic E-state index is 12.6. The van der Waals surface area contributed by atoms with Crippen molar-refractivity contribution in [2.24, 2.45) is 11.8 Å². The van der Waals surface area contributed by atoms with Gasteiger partial charge in [-0.25, -0.2) is 14.4 Å². The van der Waals surface area contributed by atoms with Crippen LogP contribution in [-0.2, 0) is 28.6 Å². The molecule has 0 saturated heterocycles. The first-order valence-corrected chi connectivity index (χ1v) is 10.4. The number of ether oxygens (including phenoxy) is 3. The molecule has 0 amide bonds. The van der Waals surface area contributed by atoms with E-state index in [1.165, 1.54) is 12.1 Å². The Morgan fingerprint density at radius 2 is 1.38 bits per heavy atom. The highest BCUT2D eigenvalue weighted by atomic mass is 16.6. The SMILES string of the molecule is CC(C)COC(=O)[C@H](O)[C@@H](OC(=O)C(=O)c1ccc2ccccc2c1)C(=O)OCC(C)C. The molecule has 0 spiro atoms. The molecule has 2 rings (SSSR count). The highest BCUT2D eigenvalue weighted by Gasteiger charge is 2.39. The summed E-state index contributed by atoms with van der Waals surface area (Å²) in [6.07, 6.45) is -4.17. The third kappa shape index (κ3) is 6.88. The zero-order valence-electron chi connectivity index (χ0n) is 18.6. The van der Waals surface area contributed by atoms with Crippen molar-refractivity contribution in [1.29, 1.82) is 0 Å². The van der Waals surface area contributed by atoms with E-state index in [2.05, 4.69) is 0 Å². The number of ketones is 1. The second-order valence-corrected chi connectivity index (χ2v) is 8.21. The Morgan fingerprint density at radius 1 is 0.812 bits per heavy atom. The Labute approximate surface area is 186 Å². The van der Waals surface area contributed by atoms with Gasteiger partial charge in [0.25, 0.3) is 5.78 Å². The van der Waals surface area contributed by atoms with Crippen LogP contribution in [0.25, 0.3) is 10.8 Å². The van der Waals surface area contributed by atoms with E-state index in [0.29, 0.717) is 0 Å². The monoisotopic (exact) mass is 444 g/mol. The van der Waals surface area contributed by atoms with Gasteiger partial charge in [-0.2, -0.15) is 0 Å². The Bertz CT molecular complexity index is 979. The van der Waals surface area contributed by atoms with Crippen LogP contribution in [0.3, 0.4) is 0 Å². The number of carbonyl (C=O) groups excluding carboxylic acids is 4. The number of fused-ring (bicyclic) bond motifs is 1. The Kier molecular flexibility index (Phi) is 8.90. The number of hydrogen-bond acceptors (Lipinski definition) is 8. The molecule has 0 aliphatic rings. The van der Waals surface area contributed by atoms with E-state index < -0.39 is 35.9 Å². The number of benzene rings is 2. The van der Waals surface area contributed by atoms with Crippen LogP contribution in [0.4, 0.5) is 0 Å². The summed E-state index contributed by atoms with van der Waals surface area (Å²) in [7, 11) is 0. The average molecular weight is 444 g/mol. The van der Waals surface area contributed by atoms with E-state index in [0.717, 1.165) is 10.8 Å². The van der Waals surface area contributed by atoms with Gasteiger partial charge < -0.3 is 19.3 Å². The third-order valence-electron chi connectivity index (χ3n) is 4.31. The van der Waals surface area contributed by atoms with E-state index >= 15 is 0 Å². The van der Waals surface area contributed by atoms with Gasteiger partial charge in [-0.05, 0) is 28.7 Å². The molecule has 2 aromatic rings. The quantitative estimate of drug-likeness (QED) is 0.257. The van der Waals surface area contributed by atoms with Gasteiger partial charge in [0.1, 0.15) is 0 Å². The molecule has 8 heteroatoms. The molecule has 0 radical (unpaired) electrons. The summed E-state index contributed by atoms with van der Waals surface area (Å²) in [4.78, 5) is 49.6. The summed E-state index contributed by atoms with van der Waals surface area (Å²) in [5, 5.41) is 11.9. The minimum atomic E-state index is -2.14. The fourth-order valence-electron chi connectivity index (χ4n) is 2.65. The number of esters is 3. The lowest BCUT2D eigenvalue weighted by Crippen LogP contribution is -2.46. The van der Waals surface area contributed by atoms with Gasteiger partial charge in [-0.15, -0.1) is 0 Å². The molecule has 0 unspecified atom stereocenters. The first-order chi connectivity index (χ1) is 15.1. The fraction of sp³-hybridized carbons (Fsp3) is 0.417. The molecule has 0 bridgehead atoms. The topological polar surface area (TPSA) is 116 Å². The maximum Gasteiger partial charge on any atom is 0.380 e. The molecule has 172 valence electrons. The van der Waals surface area contributed by atoms with Crippen molar-refractivity contribution in [3.05, 3.63) is 48.0 Å². The molecule has 2 aromatic carbocycles. The second kappa shape index (κ2) is 11.4. The highest BCUT2D eigenvalue weighted by Crippen LogP contribution is 2.17. The van der Waals surface area contributed by atoms with E-state index in [4.69, 9.17) is 14.2 Å². The van der Waals surface area contributed by atoms with Crippen molar-refractivity contribution in [2.45, 2.75) is 39.9 Å². The number of carbonyl (C=O) groups is 4. The third-order valence-corrected chi connectivity index (χ3v) is 4.31. The van der Waals surface area contributed by atoms with Crippen LogP contribution in [0, 0.1) is 11.8 Å². The number of rotatable bonds is 10. The number of aliphatic hydroxyl groups excluding tert-OH is 1. The van der Waals surface area contributed by atoms with Gasteiger partial charge in [-0.3, -0.25) is 4.79 Å². The number of Topliss-reactive ketones (excluding diaryl/α,β-unsaturated/α-hetero) is 1. The summed E-state index contributed by atoms with van der Waals surface area (Å²) < 4.78 is 14.9. The normalized spacial score (nSPS) is 13.0. The molecular weight excluding hydrogens is 416 g/mol. The van der Waals surface area contributed by atoms with Gasteiger partial charge in [0.2, 0.25) is 6.10 Å². The predicted octanol–water partition coefficient (Wildman–Crippen LogP) is 2.69. The van der Waals surface area contributed by atoms with Crippen molar-refractivity contribution in [3.63, 3.8) is 0 Å². The minimum absolute atomic E-state index is 0.00633. The zero-order valence-corrected chi connectivity index (χ0v) is 18.6. The van der Waals surface area contributed by atoms with Crippen LogP contribution in [0.5, 0.6) is 0 Å². The Balaban J connectivity index is 2.19. The van der Waals surface area contributed by atoms with E-state index in [1.807, 2.05) is 12.1 Å². The molecule has 0 fully saturated rings. The molecule has 0 heterocycles. The standard InChI is InChI=1S/C24H28O8/c1-14(2)12-30-22(27)20(26)21(24(29)31-13-15(3)4)32-23(28)19(25)18-10-9-16-7-5-6-8-17(16)11-18/h5-11,14-15,20-21,26H,12-13H2,1-4H3/t20-,21-/m1/s1. The van der Waals surface area contributed by atoms with Crippen molar-refractivity contribution in [1.82, 2.24) is 0 Å². The first kappa shape index (κ1) is 25.0. The summed E-state index contributed by atoms with van der Waals surface area (Å²) in [6.45, 7) is 7.11. The van der Waals surface area contributed by atoms with Gasteiger partial charge in [0, 0.05) is 5.56 Å². The van der Waals surface area contributed by atoms with Crippen molar-refractivity contribution in [3.8, 4) is 0 Å². The predicted molar refractivity (Wildman–Crippen MR) is 116 cm³/mol. The summed E-state index contributed by atoms with van der Waals surface area (Å²) in [6, 6.07) is 11.9. The zero-order chi connectivity index (χ0) is 23.8. The first-order valence-electron chi connectivity index (χ1n) is 10.4. The maximum absolute atomic E-state index is 12.6. The highest BCUT2D eigenvalue weighted by molar-refractivity contribution is 6.41. The van der Waals surface area contributed by atoms with E-state index in [1.54, 1.807) is 45.9 Å². The minimum Gasteiger partial charge on any atom is -0.463 e. The number of hydrogen-bond donors (Lipinski definition) is 1. The van der Waals surface area contributed by atoms with Crippen LogP contribution in [-0.4, -0.2) is 54.2 Å². The Morgan fingerprint density at radius 3 is 1.97 bits per heavy atom. The molecule has 32 heavy (non-hydrogen) atoms. The summed E-state index contributed by atoms with van der Waals surface area (Å²) >= 11 is 0. The summed E-state index contributed by atoms with van der Waals surface area (Å²) in [5.41, 5.74) is 0.0415. The largest absolute Gasteiger partial charge is 0.463 e. The van der Waals surface area contributed by atoms with Gasteiger partial charge in [-0.1, -0.05) is 64.1 Å². The Hall–Kier alpha value is -3.26. The van der Waals surface area contributed by atoms with Gasteiger partial charge in [0.15, 0.2) is 6.10 Å². The summed E-state index contributed by atoms with van der Waals surface area (Å²) in [5.74, 6) is -4.79. The van der Waals surface area contributed by atoms with Crippen molar-refractivity contribution >= 4 is 34.5 Å². The van der Waals surface area contributed by atoms with Crippen LogP contribution in [0.2, 0.25) is 0 Å². The molecule has 0 saturated carbocycles. The van der Waals surface area contributed by atoms with Crippen LogP contribution < -0.4 is 0 Å². The second-order valence-electron chi connectivity index (χ2n) is 8.21. The molecular formula is C24H28O8. The smallest absolute Gasteiger partial charge is 0.380 e. The lowest BCUT2D eigenvalue weighted by Gasteiger charge is -2.21. The fourth-order valence-corrected chi connectivity index (χ4v) is 2.65. The van der Waals surface area contributed by atoms with E-state index in [-0.39, 0.29) is 30.6 Å². The van der Waals surface area contributed by atoms with E-state index in [9.17, 15) is 24.3 Å². The molecule has 2 atom stereocenters. The van der Waals surface area contributed by atoms with Crippen LogP contribution in [0.1, 0.15) is 38.1 Å². The molecule has 0 aliphatic heterocycles. The van der Waals surface area contributed by atoms with Crippen molar-refractivity contribution in [2.75, 3.05) is 13.2 Å². The van der Waals surface area contributed by atoms with Crippen LogP contribution in [0.15, 0.2) is 42.5 Å². The van der Waals surface area contributed by atoms with Gasteiger partial charge >= 0.3 is 17.9 Å². The van der Waals surface area contributed by atoms with Crippen molar-refractivity contribution < 1.29 is 38.5 Å². The van der Waals surface area contributed by atoms with Crippen LogP contribution >= 0.6 is 0 Å². The average Bonchev–Trinajstić information content (AvgIpc) is 2.77. The molecule has 0 aliphatic carbocycles. The molecule has 0 aromatic heterocycles. The molecule has 1 N–H and O–H groups in total.